The second-order valence-corrected chi connectivity index (χ2v) is 4.59. The number of aryl methyl sites for hydroxylation is 1. The van der Waals surface area contributed by atoms with Crippen molar-refractivity contribution < 1.29 is 4.79 Å². The number of hydrogen-bond acceptors (Lipinski definition) is 5. The van der Waals surface area contributed by atoms with Crippen molar-refractivity contribution in [2.24, 2.45) is 0 Å². The Hall–Kier alpha value is -1.07. The van der Waals surface area contributed by atoms with E-state index in [1.165, 1.54) is 17.5 Å². The molecule has 0 spiro atoms. The van der Waals surface area contributed by atoms with Gasteiger partial charge in [-0.25, -0.2) is 0 Å². The third-order valence-electron chi connectivity index (χ3n) is 1.55. The third kappa shape index (κ3) is 1.66. The lowest BCUT2D eigenvalue weighted by molar-refractivity contribution is 0.104. The maximum absolute atomic E-state index is 11.7. The lowest BCUT2D eigenvalue weighted by Gasteiger charge is -1.88. The van der Waals surface area contributed by atoms with Gasteiger partial charge in [0.2, 0.25) is 5.78 Å². The molecule has 0 N–H and O–H groups in total. The zero-order valence-electron chi connectivity index (χ0n) is 6.85. The van der Waals surface area contributed by atoms with Crippen LogP contribution in [0.3, 0.4) is 0 Å². The molecule has 0 unspecified atom stereocenters. The average Bonchev–Trinajstić information content (AvgIpc) is 2.72. The standard InChI is InChI=1S/C8H6N2OS2/c1-5-2-3-6(12-5)8(11)7-4-9-10-13-7/h2-4H,1H3. The van der Waals surface area contributed by atoms with Crippen molar-refractivity contribution in [2.75, 3.05) is 0 Å². The Morgan fingerprint density at radius 3 is 2.77 bits per heavy atom. The number of nitrogens with zero attached hydrogens (tertiary/aromatic N) is 2. The predicted molar refractivity (Wildman–Crippen MR) is 52.4 cm³/mol. The molecule has 5 heteroatoms. The van der Waals surface area contributed by atoms with Crippen LogP contribution in [-0.2, 0) is 0 Å². The van der Waals surface area contributed by atoms with Crippen LogP contribution in [-0.4, -0.2) is 15.4 Å². The first-order valence-corrected chi connectivity index (χ1v) is 5.25. The molecule has 0 aliphatic rings. The van der Waals surface area contributed by atoms with Gasteiger partial charge in [-0.2, -0.15) is 0 Å². The van der Waals surface area contributed by atoms with Crippen LogP contribution in [0.15, 0.2) is 18.3 Å². The number of ketones is 1. The van der Waals surface area contributed by atoms with E-state index < -0.39 is 0 Å². The van der Waals surface area contributed by atoms with E-state index in [-0.39, 0.29) is 5.78 Å². The maximum Gasteiger partial charge on any atom is 0.216 e. The summed E-state index contributed by atoms with van der Waals surface area (Å²) >= 11 is 2.63. The van der Waals surface area contributed by atoms with Gasteiger partial charge in [0.05, 0.1) is 11.1 Å². The molecule has 0 aromatic carbocycles. The fourth-order valence-corrected chi connectivity index (χ4v) is 2.30. The van der Waals surface area contributed by atoms with Crippen LogP contribution >= 0.6 is 22.9 Å². The first-order chi connectivity index (χ1) is 6.27. The Morgan fingerprint density at radius 2 is 2.23 bits per heavy atom. The van der Waals surface area contributed by atoms with Crippen LogP contribution in [0.2, 0.25) is 0 Å². The number of aromatic nitrogens is 2. The fourth-order valence-electron chi connectivity index (χ4n) is 0.945. The van der Waals surface area contributed by atoms with Gasteiger partial charge in [-0.15, -0.1) is 16.4 Å². The quantitative estimate of drug-likeness (QED) is 0.713. The van der Waals surface area contributed by atoms with Gasteiger partial charge in [-0.05, 0) is 30.6 Å². The van der Waals surface area contributed by atoms with Crippen molar-refractivity contribution in [2.45, 2.75) is 6.92 Å². The fraction of sp³-hybridized carbons (Fsp3) is 0.125. The minimum absolute atomic E-state index is 0.0214. The number of carbonyl (C=O) groups excluding carboxylic acids is 1. The second-order valence-electron chi connectivity index (χ2n) is 2.52. The summed E-state index contributed by atoms with van der Waals surface area (Å²) in [6.07, 6.45) is 1.50. The number of hydrogen-bond donors (Lipinski definition) is 0. The van der Waals surface area contributed by atoms with Crippen molar-refractivity contribution in [1.29, 1.82) is 0 Å². The van der Waals surface area contributed by atoms with Crippen LogP contribution < -0.4 is 0 Å². The van der Waals surface area contributed by atoms with Crippen molar-refractivity contribution in [3.8, 4) is 0 Å². The molecule has 0 bridgehead atoms. The lowest BCUT2D eigenvalue weighted by atomic mass is 10.3. The molecule has 2 aromatic heterocycles. The van der Waals surface area contributed by atoms with Crippen LogP contribution in [0, 0.1) is 6.92 Å². The number of rotatable bonds is 2. The summed E-state index contributed by atoms with van der Waals surface area (Å²) in [4.78, 5) is 14.2. The predicted octanol–water partition coefficient (Wildman–Crippen LogP) is 2.14. The molecule has 2 heterocycles. The summed E-state index contributed by atoms with van der Waals surface area (Å²) in [5.74, 6) is 0.0214. The summed E-state index contributed by atoms with van der Waals surface area (Å²) < 4.78 is 3.65. The van der Waals surface area contributed by atoms with E-state index in [0.717, 1.165) is 21.3 Å². The van der Waals surface area contributed by atoms with E-state index >= 15 is 0 Å². The summed E-state index contributed by atoms with van der Waals surface area (Å²) in [7, 11) is 0. The normalized spacial score (nSPS) is 10.2. The molecule has 0 aliphatic heterocycles. The van der Waals surface area contributed by atoms with E-state index in [1.54, 1.807) is 0 Å². The highest BCUT2D eigenvalue weighted by Gasteiger charge is 2.12. The van der Waals surface area contributed by atoms with Gasteiger partial charge in [0.15, 0.2) is 0 Å². The van der Waals surface area contributed by atoms with Gasteiger partial charge >= 0.3 is 0 Å². The van der Waals surface area contributed by atoms with Crippen LogP contribution in [0.1, 0.15) is 19.4 Å². The maximum atomic E-state index is 11.7. The first kappa shape index (κ1) is 8.52. The van der Waals surface area contributed by atoms with Crippen molar-refractivity contribution >= 4 is 28.7 Å². The summed E-state index contributed by atoms with van der Waals surface area (Å²) in [6, 6.07) is 3.77. The summed E-state index contributed by atoms with van der Waals surface area (Å²) in [5, 5.41) is 3.63. The monoisotopic (exact) mass is 210 g/mol. The Balaban J connectivity index is 2.33. The molecule has 3 nitrogen and oxygen atoms in total. The van der Waals surface area contributed by atoms with Crippen LogP contribution in [0.5, 0.6) is 0 Å². The molecule has 2 aromatic rings. The minimum Gasteiger partial charge on any atom is -0.287 e. The Morgan fingerprint density at radius 1 is 1.38 bits per heavy atom. The van der Waals surface area contributed by atoms with E-state index in [9.17, 15) is 4.79 Å². The van der Waals surface area contributed by atoms with Crippen LogP contribution in [0.25, 0.3) is 0 Å². The lowest BCUT2D eigenvalue weighted by Crippen LogP contribution is -1.93. The third-order valence-corrected chi connectivity index (χ3v) is 3.21. The highest BCUT2D eigenvalue weighted by atomic mass is 32.1. The zero-order valence-corrected chi connectivity index (χ0v) is 8.48. The Bertz CT molecular complexity index is 419. The highest BCUT2D eigenvalue weighted by molar-refractivity contribution is 7.15. The topological polar surface area (TPSA) is 42.9 Å². The Kier molecular flexibility index (Phi) is 2.20. The molecule has 0 fully saturated rings. The van der Waals surface area contributed by atoms with Crippen molar-refractivity contribution in [1.82, 2.24) is 9.59 Å². The van der Waals surface area contributed by atoms with Gasteiger partial charge in [-0.1, -0.05) is 4.49 Å². The molecule has 0 aliphatic carbocycles. The molecule has 0 radical (unpaired) electrons. The van der Waals surface area contributed by atoms with Crippen molar-refractivity contribution in [3.63, 3.8) is 0 Å². The van der Waals surface area contributed by atoms with Crippen molar-refractivity contribution in [3.05, 3.63) is 33.0 Å². The van der Waals surface area contributed by atoms with Gasteiger partial charge in [-0.3, -0.25) is 4.79 Å². The summed E-state index contributed by atoms with van der Waals surface area (Å²) in [6.45, 7) is 1.98. The van der Waals surface area contributed by atoms with E-state index in [0.29, 0.717) is 4.88 Å². The van der Waals surface area contributed by atoms with E-state index in [2.05, 4.69) is 9.59 Å². The molecule has 13 heavy (non-hydrogen) atoms. The summed E-state index contributed by atoms with van der Waals surface area (Å²) in [5.41, 5.74) is 0. The molecular formula is C8H6N2OS2. The second kappa shape index (κ2) is 3.35. The van der Waals surface area contributed by atoms with Crippen LogP contribution in [0.4, 0.5) is 0 Å². The average molecular weight is 210 g/mol. The molecule has 2 rings (SSSR count). The van der Waals surface area contributed by atoms with E-state index in [1.807, 2.05) is 19.1 Å². The molecule has 0 saturated heterocycles. The number of thiophene rings is 1. The van der Waals surface area contributed by atoms with E-state index in [4.69, 9.17) is 0 Å². The first-order valence-electron chi connectivity index (χ1n) is 3.66. The highest BCUT2D eigenvalue weighted by Crippen LogP contribution is 2.19. The molecule has 0 atom stereocenters. The Labute approximate surface area is 83.2 Å². The van der Waals surface area contributed by atoms with Gasteiger partial charge in [0, 0.05) is 4.88 Å². The van der Waals surface area contributed by atoms with Gasteiger partial charge in [0.1, 0.15) is 4.88 Å². The molecule has 0 amide bonds. The minimum atomic E-state index is 0.0214. The molecule has 0 saturated carbocycles. The molecule has 66 valence electrons. The van der Waals surface area contributed by atoms with Gasteiger partial charge < -0.3 is 0 Å². The largest absolute Gasteiger partial charge is 0.287 e. The zero-order chi connectivity index (χ0) is 9.26. The SMILES string of the molecule is Cc1ccc(C(=O)c2cnns2)s1. The number of carbonyl (C=O) groups is 1. The smallest absolute Gasteiger partial charge is 0.216 e. The molecular weight excluding hydrogens is 204 g/mol. The van der Waals surface area contributed by atoms with Gasteiger partial charge in [0.25, 0.3) is 0 Å².